The molecule has 2 atom stereocenters. The Hall–Kier alpha value is -3.80. The Morgan fingerprint density at radius 1 is 0.830 bits per heavy atom. The molecular formula is C42H58O11. The van der Waals surface area contributed by atoms with Crippen LogP contribution in [0.25, 0.3) is 10.8 Å². The van der Waals surface area contributed by atoms with Crippen molar-refractivity contribution in [3.63, 3.8) is 0 Å². The molecule has 0 saturated carbocycles. The second-order valence-electron chi connectivity index (χ2n) is 15.1. The van der Waals surface area contributed by atoms with Crippen LogP contribution in [0.15, 0.2) is 24.3 Å². The van der Waals surface area contributed by atoms with Gasteiger partial charge in [0, 0.05) is 48.3 Å². The molecule has 1 N–H and O–H groups in total. The molecule has 1 aliphatic heterocycles. The van der Waals surface area contributed by atoms with Crippen molar-refractivity contribution in [2.75, 3.05) is 19.8 Å². The quantitative estimate of drug-likeness (QED) is 0.0450. The number of benzene rings is 2. The normalized spacial score (nSPS) is 16.7. The number of ketones is 3. The number of rotatable bonds is 25. The third-order valence-electron chi connectivity index (χ3n) is 10.1. The smallest absolute Gasteiger partial charge is 0.341 e. The maximum absolute atomic E-state index is 14.1. The first-order valence-corrected chi connectivity index (χ1v) is 19.1. The Morgan fingerprint density at radius 3 is 2.15 bits per heavy atom. The largest absolute Gasteiger partial charge is 0.478 e. The molecule has 0 bridgehead atoms. The molecule has 3 rings (SSSR count). The van der Waals surface area contributed by atoms with Gasteiger partial charge in [0.2, 0.25) is 5.78 Å². The predicted molar refractivity (Wildman–Crippen MR) is 201 cm³/mol. The molecule has 292 valence electrons. The lowest BCUT2D eigenvalue weighted by Gasteiger charge is -2.27. The summed E-state index contributed by atoms with van der Waals surface area (Å²) < 4.78 is 23.6. The average molecular weight is 739 g/mol. The van der Waals surface area contributed by atoms with E-state index in [0.29, 0.717) is 57.5 Å². The van der Waals surface area contributed by atoms with E-state index in [1.54, 1.807) is 13.8 Å². The van der Waals surface area contributed by atoms with Gasteiger partial charge in [0.1, 0.15) is 17.5 Å². The molecule has 0 saturated heterocycles. The van der Waals surface area contributed by atoms with Crippen LogP contribution in [0.1, 0.15) is 167 Å². The number of aromatic carboxylic acids is 1. The number of aldehydes is 1. The van der Waals surface area contributed by atoms with Crippen LogP contribution in [0.4, 0.5) is 0 Å². The van der Waals surface area contributed by atoms with Crippen molar-refractivity contribution in [3.8, 4) is 0 Å². The van der Waals surface area contributed by atoms with E-state index in [2.05, 4.69) is 13.8 Å². The second-order valence-corrected chi connectivity index (χ2v) is 15.1. The lowest BCUT2D eigenvalue weighted by molar-refractivity contribution is -0.158. The highest BCUT2D eigenvalue weighted by Gasteiger charge is 2.45. The summed E-state index contributed by atoms with van der Waals surface area (Å²) in [6.45, 7) is 13.3. The van der Waals surface area contributed by atoms with Crippen LogP contribution in [-0.2, 0) is 28.5 Å². The van der Waals surface area contributed by atoms with Crippen molar-refractivity contribution in [3.05, 3.63) is 46.5 Å². The average Bonchev–Trinajstić information content (AvgIpc) is 3.19. The van der Waals surface area contributed by atoms with Gasteiger partial charge in [0.15, 0.2) is 11.6 Å². The van der Waals surface area contributed by atoms with Crippen LogP contribution in [0.5, 0.6) is 0 Å². The number of carbonyl (C=O) groups excluding carboxylic acids is 5. The summed E-state index contributed by atoms with van der Waals surface area (Å²) in [5.41, 5.74) is -2.59. The van der Waals surface area contributed by atoms with E-state index in [-0.39, 0.29) is 52.0 Å². The Kier molecular flexibility index (Phi) is 16.0. The maximum atomic E-state index is 14.1. The van der Waals surface area contributed by atoms with Crippen molar-refractivity contribution >= 4 is 46.3 Å². The van der Waals surface area contributed by atoms with E-state index in [1.807, 2.05) is 13.8 Å². The number of carboxylic acids is 1. The van der Waals surface area contributed by atoms with Gasteiger partial charge in [0.25, 0.3) is 5.79 Å². The molecule has 0 fully saturated rings. The molecule has 0 aliphatic carbocycles. The fraction of sp³-hybridized carbons (Fsp3) is 0.619. The van der Waals surface area contributed by atoms with Crippen molar-refractivity contribution in [2.24, 2.45) is 5.92 Å². The summed E-state index contributed by atoms with van der Waals surface area (Å²) in [4.78, 5) is 77.6. The molecule has 0 aromatic heterocycles. The molecule has 11 nitrogen and oxygen atoms in total. The van der Waals surface area contributed by atoms with Crippen molar-refractivity contribution in [1.29, 1.82) is 0 Å². The minimum absolute atomic E-state index is 0.00158. The van der Waals surface area contributed by atoms with Crippen LogP contribution in [0.2, 0.25) is 0 Å². The highest BCUT2D eigenvalue weighted by molar-refractivity contribution is 6.26. The Bertz CT molecular complexity index is 1640. The molecular weight excluding hydrogens is 680 g/mol. The first kappa shape index (κ1) is 43.6. The summed E-state index contributed by atoms with van der Waals surface area (Å²) in [5, 5.41) is 10.1. The van der Waals surface area contributed by atoms with E-state index in [0.717, 1.165) is 38.4 Å². The van der Waals surface area contributed by atoms with E-state index >= 15 is 0 Å². The lowest BCUT2D eigenvalue weighted by atomic mass is 9.85. The molecule has 0 radical (unpaired) electrons. The third kappa shape index (κ3) is 11.1. The highest BCUT2D eigenvalue weighted by Crippen LogP contribution is 2.38. The number of ether oxygens (including phenoxy) is 4. The SMILES string of the molecule is CCCCC(CC)COC(C)(C)C(=O)CCCCCOC1(C)OC(=O)c2ccc(C(=O)C(C)(C)OCCCCCC=O)c3c(C(=O)O)ccc(c23)C1=O. The molecule has 53 heavy (non-hydrogen) atoms. The van der Waals surface area contributed by atoms with E-state index in [4.69, 9.17) is 18.9 Å². The summed E-state index contributed by atoms with van der Waals surface area (Å²) in [6.07, 6.45) is 9.74. The highest BCUT2D eigenvalue weighted by atomic mass is 16.7. The maximum Gasteiger partial charge on any atom is 0.341 e. The molecule has 2 aromatic rings. The van der Waals surface area contributed by atoms with Gasteiger partial charge in [-0.1, -0.05) is 46.0 Å². The number of carboxylic acid groups (broad SMARTS) is 1. The zero-order valence-corrected chi connectivity index (χ0v) is 32.6. The lowest BCUT2D eigenvalue weighted by Crippen LogP contribution is -2.42. The number of cyclic esters (lactones) is 1. The van der Waals surface area contributed by atoms with Crippen molar-refractivity contribution in [2.45, 2.75) is 143 Å². The Balaban J connectivity index is 1.73. The molecule has 2 unspecified atom stereocenters. The van der Waals surface area contributed by atoms with Gasteiger partial charge in [-0.2, -0.15) is 0 Å². The monoisotopic (exact) mass is 738 g/mol. The van der Waals surface area contributed by atoms with E-state index < -0.39 is 40.5 Å². The van der Waals surface area contributed by atoms with Crippen LogP contribution < -0.4 is 0 Å². The summed E-state index contributed by atoms with van der Waals surface area (Å²) in [7, 11) is 0. The first-order chi connectivity index (χ1) is 25.0. The fourth-order valence-corrected chi connectivity index (χ4v) is 6.50. The van der Waals surface area contributed by atoms with Crippen LogP contribution in [0, 0.1) is 5.92 Å². The summed E-state index contributed by atoms with van der Waals surface area (Å²) >= 11 is 0. The number of hydrogen-bond donors (Lipinski definition) is 1. The zero-order chi connectivity index (χ0) is 39.4. The number of unbranched alkanes of at least 4 members (excludes halogenated alkanes) is 6. The predicted octanol–water partition coefficient (Wildman–Crippen LogP) is 8.50. The number of hydrogen-bond acceptors (Lipinski definition) is 10. The van der Waals surface area contributed by atoms with Crippen LogP contribution in [-0.4, -0.2) is 77.5 Å². The van der Waals surface area contributed by atoms with E-state index in [1.165, 1.54) is 31.2 Å². The standard InChI is InChI=1S/C42H58O11/c1-8-10-18-28(9-2)27-52-40(3,4)33(44)19-14-13-17-26-51-42(7)37(46)30-20-22-31(38(47)48)34-29(21-23-32(35(30)34)39(49)53-42)36(45)41(5,6)50-25-16-12-11-15-24-43/h20-24,28H,8-19,25-27H2,1-7H3,(H,47,48). The van der Waals surface area contributed by atoms with Gasteiger partial charge in [-0.05, 0) is 90.0 Å². The van der Waals surface area contributed by atoms with Gasteiger partial charge >= 0.3 is 11.9 Å². The zero-order valence-electron chi connectivity index (χ0n) is 32.6. The summed E-state index contributed by atoms with van der Waals surface area (Å²) in [5.74, 6) is -5.03. The van der Waals surface area contributed by atoms with E-state index in [9.17, 15) is 33.9 Å². The van der Waals surface area contributed by atoms with Crippen LogP contribution in [0.3, 0.4) is 0 Å². The fourth-order valence-electron chi connectivity index (χ4n) is 6.50. The molecule has 1 heterocycles. The van der Waals surface area contributed by atoms with Crippen molar-refractivity contribution in [1.82, 2.24) is 0 Å². The Labute approximate surface area is 313 Å². The molecule has 0 amide bonds. The molecule has 0 spiro atoms. The third-order valence-corrected chi connectivity index (χ3v) is 10.1. The van der Waals surface area contributed by atoms with Gasteiger partial charge < -0.3 is 28.8 Å². The molecule has 2 aromatic carbocycles. The van der Waals surface area contributed by atoms with Crippen LogP contribution >= 0.6 is 0 Å². The van der Waals surface area contributed by atoms with Gasteiger partial charge in [-0.25, -0.2) is 9.59 Å². The number of carbonyl (C=O) groups is 6. The van der Waals surface area contributed by atoms with Gasteiger partial charge in [-0.15, -0.1) is 0 Å². The topological polar surface area (TPSA) is 160 Å². The minimum atomic E-state index is -2.02. The first-order valence-electron chi connectivity index (χ1n) is 19.1. The Morgan fingerprint density at radius 2 is 1.49 bits per heavy atom. The molecule has 1 aliphatic rings. The van der Waals surface area contributed by atoms with Gasteiger partial charge in [0.05, 0.1) is 24.3 Å². The van der Waals surface area contributed by atoms with Gasteiger partial charge in [-0.3, -0.25) is 14.4 Å². The number of Topliss-reactive ketones (excluding diaryl/α,β-unsaturated/α-hetero) is 3. The molecule has 11 heteroatoms. The number of esters is 1. The van der Waals surface area contributed by atoms with Crippen molar-refractivity contribution < 1.29 is 52.8 Å². The second kappa shape index (κ2) is 19.5. The summed E-state index contributed by atoms with van der Waals surface area (Å²) in [6, 6.07) is 5.28. The minimum Gasteiger partial charge on any atom is -0.478 e.